The van der Waals surface area contributed by atoms with Crippen LogP contribution in [0.1, 0.15) is 22.6 Å². The number of hydrogen-bond acceptors (Lipinski definition) is 6. The van der Waals surface area contributed by atoms with Gasteiger partial charge < -0.3 is 23.5 Å². The van der Waals surface area contributed by atoms with Crippen LogP contribution in [0.5, 0.6) is 0 Å². The Kier molecular flexibility index (Phi) is 23.0. The Labute approximate surface area is 837 Å². The van der Waals surface area contributed by atoms with E-state index in [1.54, 1.807) is 0 Å². The number of rotatable bonds is 18. The molecule has 0 amide bonds. The number of para-hydroxylation sites is 8. The maximum Gasteiger partial charge on any atom is 0.171 e. The molecular weight excluding hydrogens is 1770 g/mol. The van der Waals surface area contributed by atoms with Crippen LogP contribution in [0.4, 0.5) is 28.4 Å². The van der Waals surface area contributed by atoms with Gasteiger partial charge in [0.1, 0.15) is 0 Å². The fourth-order valence-corrected chi connectivity index (χ4v) is 24.3. The molecule has 20 aromatic carbocycles. The summed E-state index contributed by atoms with van der Waals surface area (Å²) in [5.41, 5.74) is 34.1. The van der Waals surface area contributed by atoms with Crippen LogP contribution in [-0.4, -0.2) is 24.1 Å². The lowest BCUT2D eigenvalue weighted by Crippen LogP contribution is -2.27. The molecule has 0 bridgehead atoms. The highest BCUT2D eigenvalue weighted by molar-refractivity contribution is 7.85. The molecule has 3 aliphatic rings. The van der Waals surface area contributed by atoms with Gasteiger partial charge in [-0.05, 0) is 194 Å². The van der Waals surface area contributed by atoms with Gasteiger partial charge in [0.25, 0.3) is 0 Å². The molecule has 4 heterocycles. The Morgan fingerprint density at radius 2 is 0.604 bits per heavy atom. The zero-order chi connectivity index (χ0) is 95.8. The Balaban J connectivity index is 0.000000114. The third-order valence-corrected chi connectivity index (χ3v) is 31.3. The van der Waals surface area contributed by atoms with Crippen molar-refractivity contribution in [3.05, 3.63) is 580 Å². The molecule has 680 valence electrons. The highest BCUT2D eigenvalue weighted by atomic mass is 31.2. The lowest BCUT2D eigenvalue weighted by atomic mass is 9.69. The maximum atomic E-state index is 15.1. The van der Waals surface area contributed by atoms with Gasteiger partial charge in [-0.15, -0.1) is 0 Å². The number of hydrogen-bond donors (Lipinski definition) is 0. The first-order valence-electron chi connectivity index (χ1n) is 49.1. The van der Waals surface area contributed by atoms with Crippen molar-refractivity contribution in [1.82, 2.24) is 24.1 Å². The second kappa shape index (κ2) is 38.0. The number of aromatic nitrogens is 5. The average molecular weight is 1860 g/mol. The highest BCUT2D eigenvalue weighted by Gasteiger charge is 2.38. The van der Waals surface area contributed by atoms with Crippen LogP contribution in [0.15, 0.2) is 563 Å². The smallest absolute Gasteiger partial charge is 0.171 e. The monoisotopic (exact) mass is 1860 g/mol. The lowest BCUT2D eigenvalue weighted by molar-refractivity contribution is 0.592. The molecule has 1 unspecified atom stereocenters. The molecule has 0 aliphatic heterocycles. The maximum absolute atomic E-state index is 15.1. The predicted octanol–water partition coefficient (Wildman–Crippen LogP) is 33.8. The van der Waals surface area contributed by atoms with Gasteiger partial charge in [0.05, 0.1) is 50.5 Å². The van der Waals surface area contributed by atoms with Crippen LogP contribution in [0.2, 0.25) is 0 Å². The number of fused-ring (bicyclic) bond motifs is 8. The van der Waals surface area contributed by atoms with Crippen LogP contribution in [0, 0.1) is 0 Å². The normalized spacial score (nSPS) is 12.9. The zero-order valence-corrected chi connectivity index (χ0v) is 79.7. The molecule has 0 saturated heterocycles. The molecule has 24 aromatic rings. The molecule has 3 aliphatic carbocycles. The van der Waals surface area contributed by atoms with E-state index in [1.807, 2.05) is 97.1 Å². The van der Waals surface area contributed by atoms with Gasteiger partial charge in [0.15, 0.2) is 13.0 Å². The van der Waals surface area contributed by atoms with Crippen molar-refractivity contribution in [2.75, 3.05) is 9.80 Å². The third kappa shape index (κ3) is 16.1. The molecule has 0 saturated carbocycles. The molecule has 8 nitrogen and oxygen atoms in total. The average Bonchev–Trinajstić information content (AvgIpc) is 1.71. The molecule has 27 rings (SSSR count). The van der Waals surface area contributed by atoms with Crippen molar-refractivity contribution in [1.29, 1.82) is 0 Å². The van der Waals surface area contributed by atoms with Crippen LogP contribution < -0.4 is 25.7 Å². The highest BCUT2D eigenvalue weighted by Crippen LogP contribution is 2.55. The van der Waals surface area contributed by atoms with E-state index in [2.05, 4.69) is 474 Å². The summed E-state index contributed by atoms with van der Waals surface area (Å²) in [6.07, 6.45) is 12.7. The number of benzene rings is 20. The summed E-state index contributed by atoms with van der Waals surface area (Å²) in [4.78, 5) is 20.3. The fraction of sp³-hybridized carbons (Fsp3) is 0.0148. The minimum Gasteiger partial charge on any atom is -0.310 e. The summed E-state index contributed by atoms with van der Waals surface area (Å²) >= 11 is 0. The van der Waals surface area contributed by atoms with Gasteiger partial charge >= 0.3 is 0 Å². The first-order valence-corrected chi connectivity index (χ1v) is 50.8. The summed E-state index contributed by atoms with van der Waals surface area (Å²) in [6, 6.07) is 183. The molecule has 1 atom stereocenters. The topological polar surface area (TPSA) is 72.1 Å². The van der Waals surface area contributed by atoms with Crippen molar-refractivity contribution in [3.8, 4) is 90.0 Å². The fourth-order valence-electron chi connectivity index (χ4n) is 21.7. The Morgan fingerprint density at radius 3 is 1.02 bits per heavy atom. The minimum absolute atomic E-state index is 0.192. The molecule has 9 heteroatoms. The van der Waals surface area contributed by atoms with Crippen LogP contribution in [0.25, 0.3) is 161 Å². The van der Waals surface area contributed by atoms with Gasteiger partial charge in [-0.3, -0.25) is 0 Å². The third-order valence-electron chi connectivity index (χ3n) is 28.2. The molecule has 0 radical (unpaired) electrons. The zero-order valence-electron chi connectivity index (χ0n) is 78.8. The SMILES string of the molecule is C1=Cc2c(N(c3ccccc3)c3ccccc3)ccc3c2C2C1=CC=C(N(c1ccccc1)c1ccccc1)C2=CC3.O=P(c1ccccc1)(c1ccccc1)c1ccc(-c2c3ccccc3c(-c3cc(-c4ccccc4)nc(-c4ccccc4)c3)c3ccccc23)cc1.c1ccc(-c2cc(-c3cc(-n4c5ccccc5c5ccccc54)cc(-n4c5ccccc5c5ccccc54)c3)nc(-c3ccccc3)n2)cc1. The summed E-state index contributed by atoms with van der Waals surface area (Å²) in [7, 11) is -3.10. The molecule has 0 N–H and O–H groups in total. The van der Waals surface area contributed by atoms with E-state index in [0.717, 1.165) is 157 Å². The number of anilines is 5. The van der Waals surface area contributed by atoms with E-state index in [9.17, 15) is 0 Å². The van der Waals surface area contributed by atoms with Crippen molar-refractivity contribution < 1.29 is 4.57 Å². The number of pyridine rings is 1. The van der Waals surface area contributed by atoms with E-state index in [-0.39, 0.29) is 5.92 Å². The van der Waals surface area contributed by atoms with E-state index < -0.39 is 7.14 Å². The van der Waals surface area contributed by atoms with Crippen molar-refractivity contribution >= 4 is 123 Å². The lowest BCUT2D eigenvalue weighted by Gasteiger charge is -2.40. The largest absolute Gasteiger partial charge is 0.310 e. The van der Waals surface area contributed by atoms with Gasteiger partial charge in [0.2, 0.25) is 0 Å². The summed E-state index contributed by atoms with van der Waals surface area (Å²) in [5.74, 6) is 0.889. The molecule has 0 fully saturated rings. The summed E-state index contributed by atoms with van der Waals surface area (Å²) < 4.78 is 19.9. The van der Waals surface area contributed by atoms with E-state index in [4.69, 9.17) is 15.0 Å². The predicted molar refractivity (Wildman–Crippen MR) is 603 cm³/mol. The Hall–Kier alpha value is -18.5. The summed E-state index contributed by atoms with van der Waals surface area (Å²) in [6.45, 7) is 0. The second-order valence-corrected chi connectivity index (χ2v) is 39.4. The number of nitrogens with zero attached hydrogens (tertiary/aromatic N) is 7. The molecular formula is C135H94N7OP. The second-order valence-electron chi connectivity index (χ2n) is 36.6. The van der Waals surface area contributed by atoms with Gasteiger partial charge in [-0.25, -0.2) is 15.0 Å². The minimum atomic E-state index is -3.10. The van der Waals surface area contributed by atoms with Gasteiger partial charge in [0, 0.05) is 117 Å². The summed E-state index contributed by atoms with van der Waals surface area (Å²) in [5, 5.41) is 12.1. The quantitative estimate of drug-likeness (QED) is 0.0630. The first kappa shape index (κ1) is 87.1. The van der Waals surface area contributed by atoms with E-state index in [1.165, 1.54) is 77.1 Å². The van der Waals surface area contributed by atoms with E-state index >= 15 is 4.57 Å². The van der Waals surface area contributed by atoms with Gasteiger partial charge in [-0.1, -0.05) is 431 Å². The molecule has 4 aromatic heterocycles. The van der Waals surface area contributed by atoms with Crippen molar-refractivity contribution in [2.24, 2.45) is 0 Å². The van der Waals surface area contributed by atoms with Crippen LogP contribution >= 0.6 is 7.14 Å². The van der Waals surface area contributed by atoms with Gasteiger partial charge in [-0.2, -0.15) is 0 Å². The Morgan fingerprint density at radius 1 is 0.264 bits per heavy atom. The molecule has 0 spiro atoms. The van der Waals surface area contributed by atoms with Crippen molar-refractivity contribution in [2.45, 2.75) is 12.3 Å². The van der Waals surface area contributed by atoms with Crippen LogP contribution in [-0.2, 0) is 11.0 Å². The Bertz CT molecular complexity index is 8620. The van der Waals surface area contributed by atoms with E-state index in [0.29, 0.717) is 5.82 Å². The standard InChI is InChI=1S/C49H34NOP.C46H30N4.C40H30N2/c51-52(39-21-9-3-10-22-39,40-23-11-4-12-24-40)41-31-29-37(30-32-41)48-42-25-13-15-27-44(42)49(45-28-16-14-26-43(45)48)38-33-46(35-17-5-1-6-18-35)50-47(34-38)36-19-7-2-8-20-36;1-3-15-31(16-4-1)40-30-41(48-46(47-40)32-17-5-2-6-18-32)33-27-34(49-42-23-11-7-19-36(42)37-20-8-12-24-43(37)49)29-35(28-33)50-44-25-13-9-21-38(44)39-22-10-14-26-45(39)50;1-5-13-31(14-6-1)41(32-15-7-2-8-16-32)37-27-23-29-22-26-36-38(28-24-30-21-25-35(37)39(29)40(30)36)42(33-17-9-3-10-18-33)34-19-11-4-12-20-34/h1-34H;1-30H;1-21,23-28,40H,22H2. The van der Waals surface area contributed by atoms with Crippen molar-refractivity contribution in [3.63, 3.8) is 0 Å². The molecule has 144 heavy (non-hydrogen) atoms. The first-order chi connectivity index (χ1) is 71.3. The number of allylic oxidation sites excluding steroid dienone is 6. The van der Waals surface area contributed by atoms with Crippen LogP contribution in [0.3, 0.4) is 0 Å².